The molecular formula is C14H26N2O2. The molecule has 1 aromatic heterocycles. The smallest absolute Gasteiger partial charge is 0.122 e. The van der Waals surface area contributed by atoms with Crippen LogP contribution < -0.4 is 5.73 Å². The molecule has 2 N–H and O–H groups in total. The van der Waals surface area contributed by atoms with E-state index in [9.17, 15) is 0 Å². The molecular weight excluding hydrogens is 228 g/mol. The van der Waals surface area contributed by atoms with Crippen LogP contribution in [0.3, 0.4) is 0 Å². The van der Waals surface area contributed by atoms with Crippen molar-refractivity contribution in [3.8, 4) is 0 Å². The minimum Gasteiger partial charge on any atom is -0.465 e. The lowest BCUT2D eigenvalue weighted by Crippen LogP contribution is -2.45. The summed E-state index contributed by atoms with van der Waals surface area (Å²) in [5.41, 5.74) is 6.15. The summed E-state index contributed by atoms with van der Waals surface area (Å²) in [6.07, 6.45) is 0. The van der Waals surface area contributed by atoms with Crippen molar-refractivity contribution < 1.29 is 9.15 Å². The fourth-order valence-electron chi connectivity index (χ4n) is 2.46. The first-order valence-electron chi connectivity index (χ1n) is 6.57. The molecule has 1 aromatic rings. The summed E-state index contributed by atoms with van der Waals surface area (Å²) in [4.78, 5) is 2.33. The summed E-state index contributed by atoms with van der Waals surface area (Å²) in [5, 5.41) is 0. The Hall–Kier alpha value is -0.840. The Morgan fingerprint density at radius 3 is 2.44 bits per heavy atom. The van der Waals surface area contributed by atoms with Crippen LogP contribution >= 0.6 is 0 Å². The Morgan fingerprint density at radius 1 is 1.39 bits per heavy atom. The van der Waals surface area contributed by atoms with Gasteiger partial charge in [-0.15, -0.1) is 0 Å². The zero-order valence-corrected chi connectivity index (χ0v) is 12.1. The average molecular weight is 254 g/mol. The van der Waals surface area contributed by atoms with Gasteiger partial charge in [0.1, 0.15) is 11.5 Å². The standard InChI is InChI=1S/C14H26N2O2/c1-6-16(10(2)9-17-5)14(12(4)15)13-8-7-11(3)18-13/h7-8,10,12,14H,6,9,15H2,1-5H3. The first-order chi connectivity index (χ1) is 8.51. The topological polar surface area (TPSA) is 51.6 Å². The molecule has 0 amide bonds. The van der Waals surface area contributed by atoms with Gasteiger partial charge in [0.2, 0.25) is 0 Å². The molecule has 4 heteroatoms. The second-order valence-corrected chi connectivity index (χ2v) is 4.89. The fraction of sp³-hybridized carbons (Fsp3) is 0.714. The van der Waals surface area contributed by atoms with E-state index in [0.717, 1.165) is 18.1 Å². The van der Waals surface area contributed by atoms with Crippen LogP contribution in [0.5, 0.6) is 0 Å². The van der Waals surface area contributed by atoms with Gasteiger partial charge in [-0.25, -0.2) is 0 Å². The number of hydrogen-bond acceptors (Lipinski definition) is 4. The largest absolute Gasteiger partial charge is 0.465 e. The lowest BCUT2D eigenvalue weighted by Gasteiger charge is -2.36. The molecule has 0 radical (unpaired) electrons. The Morgan fingerprint density at radius 2 is 2.06 bits per heavy atom. The van der Waals surface area contributed by atoms with Crippen molar-refractivity contribution in [2.45, 2.75) is 45.8 Å². The van der Waals surface area contributed by atoms with E-state index in [1.54, 1.807) is 7.11 Å². The SMILES string of the molecule is CCN(C(C)COC)C(c1ccc(C)o1)C(C)N. The van der Waals surface area contributed by atoms with Crippen molar-refractivity contribution in [2.75, 3.05) is 20.3 Å². The quantitative estimate of drug-likeness (QED) is 0.811. The van der Waals surface area contributed by atoms with Gasteiger partial charge in [-0.1, -0.05) is 6.92 Å². The third kappa shape index (κ3) is 3.57. The van der Waals surface area contributed by atoms with Crippen LogP contribution in [0.1, 0.15) is 38.3 Å². The van der Waals surface area contributed by atoms with Crippen molar-refractivity contribution in [2.24, 2.45) is 5.73 Å². The number of rotatable bonds is 7. The van der Waals surface area contributed by atoms with Crippen LogP contribution in [0.25, 0.3) is 0 Å². The van der Waals surface area contributed by atoms with Gasteiger partial charge in [0.15, 0.2) is 0 Å². The molecule has 18 heavy (non-hydrogen) atoms. The minimum absolute atomic E-state index is 0.00908. The number of nitrogens with two attached hydrogens (primary N) is 1. The molecule has 0 aliphatic rings. The van der Waals surface area contributed by atoms with E-state index >= 15 is 0 Å². The van der Waals surface area contributed by atoms with Crippen molar-refractivity contribution in [3.05, 3.63) is 23.7 Å². The van der Waals surface area contributed by atoms with E-state index in [1.165, 1.54) is 0 Å². The molecule has 3 unspecified atom stereocenters. The Balaban J connectivity index is 2.95. The van der Waals surface area contributed by atoms with E-state index in [4.69, 9.17) is 14.9 Å². The van der Waals surface area contributed by atoms with Crippen LogP contribution in [0.15, 0.2) is 16.5 Å². The van der Waals surface area contributed by atoms with Crippen LogP contribution in [-0.2, 0) is 4.74 Å². The molecule has 0 bridgehead atoms. The van der Waals surface area contributed by atoms with Crippen molar-refractivity contribution in [1.29, 1.82) is 0 Å². The molecule has 3 atom stereocenters. The first kappa shape index (κ1) is 15.2. The molecule has 0 fully saturated rings. The van der Waals surface area contributed by atoms with Crippen LogP contribution in [-0.4, -0.2) is 37.2 Å². The zero-order valence-electron chi connectivity index (χ0n) is 12.1. The summed E-state index contributed by atoms with van der Waals surface area (Å²) >= 11 is 0. The van der Waals surface area contributed by atoms with Crippen LogP contribution in [0.2, 0.25) is 0 Å². The number of aryl methyl sites for hydroxylation is 1. The number of likely N-dealkylation sites (N-methyl/N-ethyl adjacent to an activating group) is 1. The normalized spacial score (nSPS) is 16.8. The molecule has 104 valence electrons. The highest BCUT2D eigenvalue weighted by Crippen LogP contribution is 2.27. The maximum Gasteiger partial charge on any atom is 0.122 e. The first-order valence-corrected chi connectivity index (χ1v) is 6.57. The van der Waals surface area contributed by atoms with Gasteiger partial charge < -0.3 is 14.9 Å². The summed E-state index contributed by atoms with van der Waals surface area (Å²) < 4.78 is 11.0. The maximum absolute atomic E-state index is 6.15. The predicted octanol–water partition coefficient (Wildman–Crippen LogP) is 2.33. The number of nitrogens with zero attached hydrogens (tertiary/aromatic N) is 1. The summed E-state index contributed by atoms with van der Waals surface area (Å²) in [6, 6.07) is 4.41. The highest BCUT2D eigenvalue weighted by Gasteiger charge is 2.29. The summed E-state index contributed by atoms with van der Waals surface area (Å²) in [5.74, 6) is 1.86. The zero-order chi connectivity index (χ0) is 13.7. The highest BCUT2D eigenvalue weighted by molar-refractivity contribution is 5.12. The van der Waals surface area contributed by atoms with Crippen LogP contribution in [0, 0.1) is 6.92 Å². The maximum atomic E-state index is 6.15. The van der Waals surface area contributed by atoms with Crippen molar-refractivity contribution >= 4 is 0 Å². The number of ether oxygens (including phenoxy) is 1. The van der Waals surface area contributed by atoms with E-state index in [2.05, 4.69) is 18.7 Å². The summed E-state index contributed by atoms with van der Waals surface area (Å²) in [7, 11) is 1.72. The van der Waals surface area contributed by atoms with Gasteiger partial charge in [-0.3, -0.25) is 4.90 Å². The minimum atomic E-state index is 0.00908. The van der Waals surface area contributed by atoms with E-state index in [1.807, 2.05) is 26.0 Å². The van der Waals surface area contributed by atoms with E-state index in [-0.39, 0.29) is 12.1 Å². The molecule has 0 saturated carbocycles. The number of methoxy groups -OCH3 is 1. The molecule has 1 heterocycles. The third-order valence-electron chi connectivity index (χ3n) is 3.25. The van der Waals surface area contributed by atoms with Gasteiger partial charge >= 0.3 is 0 Å². The molecule has 0 saturated heterocycles. The van der Waals surface area contributed by atoms with Crippen molar-refractivity contribution in [3.63, 3.8) is 0 Å². The van der Waals surface area contributed by atoms with E-state index in [0.29, 0.717) is 12.6 Å². The number of hydrogen-bond donors (Lipinski definition) is 1. The van der Waals surface area contributed by atoms with Gasteiger partial charge in [0, 0.05) is 19.2 Å². The molecule has 0 spiro atoms. The Kier molecular flexibility index (Phi) is 5.85. The predicted molar refractivity (Wildman–Crippen MR) is 73.6 cm³/mol. The number of furan rings is 1. The molecule has 0 aromatic carbocycles. The Bertz CT molecular complexity index is 349. The van der Waals surface area contributed by atoms with E-state index < -0.39 is 0 Å². The molecule has 4 nitrogen and oxygen atoms in total. The lowest BCUT2D eigenvalue weighted by molar-refractivity contribution is 0.0571. The second kappa shape index (κ2) is 6.92. The van der Waals surface area contributed by atoms with Crippen molar-refractivity contribution in [1.82, 2.24) is 4.90 Å². The summed E-state index contributed by atoms with van der Waals surface area (Å²) in [6.45, 7) is 9.87. The highest BCUT2D eigenvalue weighted by atomic mass is 16.5. The third-order valence-corrected chi connectivity index (χ3v) is 3.25. The van der Waals surface area contributed by atoms with Crippen LogP contribution in [0.4, 0.5) is 0 Å². The monoisotopic (exact) mass is 254 g/mol. The van der Waals surface area contributed by atoms with Gasteiger partial charge in [0.25, 0.3) is 0 Å². The Labute approximate surface area is 110 Å². The second-order valence-electron chi connectivity index (χ2n) is 4.89. The molecule has 1 rings (SSSR count). The molecule has 0 aliphatic heterocycles. The molecule has 0 aliphatic carbocycles. The fourth-order valence-corrected chi connectivity index (χ4v) is 2.46. The van der Waals surface area contributed by atoms with Gasteiger partial charge in [0.05, 0.1) is 12.6 Å². The van der Waals surface area contributed by atoms with Gasteiger partial charge in [-0.05, 0) is 39.4 Å². The van der Waals surface area contributed by atoms with Gasteiger partial charge in [-0.2, -0.15) is 0 Å². The average Bonchev–Trinajstić information content (AvgIpc) is 2.71. The lowest BCUT2D eigenvalue weighted by atomic mass is 10.0.